The van der Waals surface area contributed by atoms with E-state index in [9.17, 15) is 9.59 Å². The molecule has 1 aromatic heterocycles. The highest BCUT2D eigenvalue weighted by atomic mass is 16.6. The molecule has 2 aromatic carbocycles. The van der Waals surface area contributed by atoms with Crippen molar-refractivity contribution in [3.63, 3.8) is 0 Å². The van der Waals surface area contributed by atoms with Crippen LogP contribution in [0.4, 0.5) is 10.5 Å². The topological polar surface area (TPSA) is 81.2 Å². The molecule has 0 bridgehead atoms. The van der Waals surface area contributed by atoms with Crippen molar-refractivity contribution in [1.29, 1.82) is 0 Å². The van der Waals surface area contributed by atoms with E-state index in [1.807, 2.05) is 61.5 Å². The predicted molar refractivity (Wildman–Crippen MR) is 152 cm³/mol. The Morgan fingerprint density at radius 2 is 1.70 bits per heavy atom. The summed E-state index contributed by atoms with van der Waals surface area (Å²) in [5, 5.41) is 0. The molecule has 3 heterocycles. The molecular formula is C32H37N3O5. The molecule has 0 spiro atoms. The van der Waals surface area contributed by atoms with Gasteiger partial charge in [-0.15, -0.1) is 0 Å². The lowest BCUT2D eigenvalue weighted by Crippen LogP contribution is -2.46. The molecule has 0 radical (unpaired) electrons. The zero-order chi connectivity index (χ0) is 27.8. The Labute approximate surface area is 235 Å². The van der Waals surface area contributed by atoms with Crippen LogP contribution in [0.5, 0.6) is 5.75 Å². The number of esters is 1. The van der Waals surface area contributed by atoms with Crippen LogP contribution in [0.15, 0.2) is 73.1 Å². The molecule has 8 nitrogen and oxygen atoms in total. The summed E-state index contributed by atoms with van der Waals surface area (Å²) < 4.78 is 17.2. The number of hydrogen-bond donors (Lipinski definition) is 0. The van der Waals surface area contributed by atoms with Crippen molar-refractivity contribution in [1.82, 2.24) is 9.88 Å². The van der Waals surface area contributed by atoms with E-state index in [2.05, 4.69) is 16.0 Å². The number of anilines is 1. The van der Waals surface area contributed by atoms with Crippen molar-refractivity contribution in [3.05, 3.63) is 89.7 Å². The van der Waals surface area contributed by atoms with E-state index in [1.54, 1.807) is 17.3 Å². The molecule has 0 N–H and O–H groups in total. The maximum Gasteiger partial charge on any atom is 0.410 e. The zero-order valence-corrected chi connectivity index (χ0v) is 23.1. The minimum atomic E-state index is -0.562. The Morgan fingerprint density at radius 1 is 0.925 bits per heavy atom. The highest BCUT2D eigenvalue weighted by Gasteiger charge is 2.42. The molecule has 8 heteroatoms. The zero-order valence-electron chi connectivity index (χ0n) is 23.1. The van der Waals surface area contributed by atoms with E-state index >= 15 is 0 Å². The molecule has 1 saturated heterocycles. The highest BCUT2D eigenvalue weighted by molar-refractivity contribution is 5.77. The van der Waals surface area contributed by atoms with Crippen molar-refractivity contribution < 1.29 is 23.8 Å². The molecule has 0 saturated carbocycles. The molecule has 1 amide bonds. The molecule has 0 unspecified atom stereocenters. The summed E-state index contributed by atoms with van der Waals surface area (Å²) in [5.41, 5.74) is 3.80. The largest absolute Gasteiger partial charge is 0.494 e. The van der Waals surface area contributed by atoms with Crippen molar-refractivity contribution in [2.75, 3.05) is 37.7 Å². The van der Waals surface area contributed by atoms with Crippen LogP contribution in [0.25, 0.3) is 0 Å². The third-order valence-electron chi connectivity index (χ3n) is 7.96. The van der Waals surface area contributed by atoms with E-state index in [4.69, 9.17) is 14.2 Å². The fourth-order valence-electron chi connectivity index (χ4n) is 5.54. The van der Waals surface area contributed by atoms with E-state index < -0.39 is 5.41 Å². The molecule has 2 aliphatic heterocycles. The van der Waals surface area contributed by atoms with Crippen LogP contribution in [0.3, 0.4) is 0 Å². The Morgan fingerprint density at radius 3 is 2.45 bits per heavy atom. The Kier molecular flexibility index (Phi) is 8.84. The summed E-state index contributed by atoms with van der Waals surface area (Å²) in [6.07, 6.45) is 6.06. The van der Waals surface area contributed by atoms with Gasteiger partial charge >= 0.3 is 12.1 Å². The molecular weight excluding hydrogens is 506 g/mol. The molecule has 1 fully saturated rings. The predicted octanol–water partition coefficient (Wildman–Crippen LogP) is 5.40. The average molecular weight is 544 g/mol. The van der Waals surface area contributed by atoms with Gasteiger partial charge in [0, 0.05) is 44.3 Å². The number of aromatic nitrogens is 1. The maximum absolute atomic E-state index is 13.1. The smallest absolute Gasteiger partial charge is 0.410 e. The fraction of sp³-hybridized carbons (Fsp3) is 0.406. The summed E-state index contributed by atoms with van der Waals surface area (Å²) in [6, 6.07) is 19.8. The third-order valence-corrected chi connectivity index (χ3v) is 7.96. The number of ether oxygens (including phenoxy) is 3. The van der Waals surface area contributed by atoms with Gasteiger partial charge < -0.3 is 24.0 Å². The number of benzene rings is 2. The van der Waals surface area contributed by atoms with Crippen LogP contribution in [-0.4, -0.2) is 54.8 Å². The molecule has 210 valence electrons. The van der Waals surface area contributed by atoms with Crippen molar-refractivity contribution in [2.45, 2.75) is 45.8 Å². The molecule has 2 aliphatic rings. The van der Waals surface area contributed by atoms with Crippen molar-refractivity contribution >= 4 is 17.7 Å². The Hall–Kier alpha value is -4.07. The fourth-order valence-corrected chi connectivity index (χ4v) is 5.54. The number of pyridine rings is 1. The van der Waals surface area contributed by atoms with Crippen LogP contribution >= 0.6 is 0 Å². The summed E-state index contributed by atoms with van der Waals surface area (Å²) in [4.78, 5) is 33.9. The van der Waals surface area contributed by atoms with Crippen molar-refractivity contribution in [3.8, 4) is 5.75 Å². The quantitative estimate of drug-likeness (QED) is 0.335. The van der Waals surface area contributed by atoms with Gasteiger partial charge in [-0.3, -0.25) is 9.78 Å². The Bertz CT molecular complexity index is 1280. The van der Waals surface area contributed by atoms with Crippen LogP contribution in [-0.2, 0) is 33.8 Å². The van der Waals surface area contributed by atoms with Gasteiger partial charge in [-0.25, -0.2) is 4.79 Å². The first kappa shape index (κ1) is 27.5. The van der Waals surface area contributed by atoms with Gasteiger partial charge in [-0.2, -0.15) is 0 Å². The number of amides is 1. The van der Waals surface area contributed by atoms with Gasteiger partial charge in [0.05, 0.1) is 18.6 Å². The van der Waals surface area contributed by atoms with Gasteiger partial charge in [0.15, 0.2) is 0 Å². The summed E-state index contributed by atoms with van der Waals surface area (Å²) in [6.45, 7) is 5.55. The monoisotopic (exact) mass is 543 g/mol. The first-order valence-electron chi connectivity index (χ1n) is 14.1. The van der Waals surface area contributed by atoms with E-state index in [0.717, 1.165) is 42.1 Å². The lowest BCUT2D eigenvalue weighted by atomic mass is 9.75. The lowest BCUT2D eigenvalue weighted by molar-refractivity contribution is -0.157. The average Bonchev–Trinajstić information content (AvgIpc) is 3.01. The number of fused-ring (bicyclic) bond motifs is 1. The van der Waals surface area contributed by atoms with Gasteiger partial charge in [-0.05, 0) is 73.6 Å². The SMILES string of the molecule is CCOC(=O)C1(CCOc2ccc3c(c2)CN(C(=O)OCc2ccccc2)CC3)CCN(c2ccncc2)CC1. The van der Waals surface area contributed by atoms with Gasteiger partial charge in [0.2, 0.25) is 0 Å². The summed E-state index contributed by atoms with van der Waals surface area (Å²) in [7, 11) is 0. The number of nitrogens with zero attached hydrogens (tertiary/aromatic N) is 3. The third kappa shape index (κ3) is 6.55. The standard InChI is InChI=1S/C32H37N3O5/c1-2-38-30(36)32(13-19-34(20-14-32)28-10-16-33-17-11-28)15-21-39-29-9-8-26-12-18-35(23-27(26)22-29)31(37)40-24-25-6-4-3-5-7-25/h3-11,16-17,22H,2,12-15,18-21,23-24H2,1H3. The van der Waals surface area contributed by atoms with Crippen LogP contribution in [0.2, 0.25) is 0 Å². The second-order valence-electron chi connectivity index (χ2n) is 10.4. The number of carbonyl (C=O) groups is 2. The second kappa shape index (κ2) is 12.9. The van der Waals surface area contributed by atoms with Crippen LogP contribution < -0.4 is 9.64 Å². The molecule has 0 aliphatic carbocycles. The van der Waals surface area contributed by atoms with Gasteiger partial charge in [0.25, 0.3) is 0 Å². The van der Waals surface area contributed by atoms with Crippen LogP contribution in [0, 0.1) is 5.41 Å². The first-order valence-corrected chi connectivity index (χ1v) is 14.1. The van der Waals surface area contributed by atoms with E-state index in [-0.39, 0.29) is 18.7 Å². The van der Waals surface area contributed by atoms with E-state index in [0.29, 0.717) is 45.6 Å². The molecule has 5 rings (SSSR count). The minimum Gasteiger partial charge on any atom is -0.494 e. The second-order valence-corrected chi connectivity index (χ2v) is 10.4. The molecule has 3 aromatic rings. The van der Waals surface area contributed by atoms with Crippen molar-refractivity contribution in [2.24, 2.45) is 5.41 Å². The van der Waals surface area contributed by atoms with Crippen LogP contribution in [0.1, 0.15) is 42.9 Å². The maximum atomic E-state index is 13.1. The van der Waals surface area contributed by atoms with E-state index in [1.165, 1.54) is 5.56 Å². The van der Waals surface area contributed by atoms with Gasteiger partial charge in [0.1, 0.15) is 12.4 Å². The summed E-state index contributed by atoms with van der Waals surface area (Å²) in [5.74, 6) is 0.606. The number of carbonyl (C=O) groups excluding carboxylic acids is 2. The normalized spacial score (nSPS) is 16.1. The Balaban J connectivity index is 1.17. The highest BCUT2D eigenvalue weighted by Crippen LogP contribution is 2.38. The lowest BCUT2D eigenvalue weighted by Gasteiger charge is -2.40. The van der Waals surface area contributed by atoms with Gasteiger partial charge in [-0.1, -0.05) is 36.4 Å². The first-order chi connectivity index (χ1) is 19.6. The molecule has 40 heavy (non-hydrogen) atoms. The number of rotatable bonds is 9. The number of piperidine rings is 1. The number of hydrogen-bond acceptors (Lipinski definition) is 7. The summed E-state index contributed by atoms with van der Waals surface area (Å²) >= 11 is 0. The molecule has 0 atom stereocenters. The minimum absolute atomic E-state index is 0.136.